The predicted molar refractivity (Wildman–Crippen MR) is 54.3 cm³/mol. The molecule has 0 radical (unpaired) electrons. The topological polar surface area (TPSA) is 26.3 Å². The molecule has 0 heterocycles. The first-order valence-electron chi connectivity index (χ1n) is 4.32. The summed E-state index contributed by atoms with van der Waals surface area (Å²) in [6, 6.07) is 0. The van der Waals surface area contributed by atoms with E-state index in [9.17, 15) is 4.79 Å². The maximum absolute atomic E-state index is 10.1. The summed E-state index contributed by atoms with van der Waals surface area (Å²) in [7, 11) is 0. The summed E-state index contributed by atoms with van der Waals surface area (Å²) < 4.78 is 4.43. The summed E-state index contributed by atoms with van der Waals surface area (Å²) in [4.78, 5) is 10.1. The highest BCUT2D eigenvalue weighted by Crippen LogP contribution is 2.06. The molecule has 0 atom stereocenters. The number of hydrogen-bond acceptors (Lipinski definition) is 2. The Kier molecular flexibility index (Phi) is 6.60. The number of carbonyl (C=O) groups is 1. The van der Waals surface area contributed by atoms with Crippen molar-refractivity contribution in [1.29, 1.82) is 0 Å². The van der Waals surface area contributed by atoms with Gasteiger partial charge in [0, 0.05) is 6.08 Å². The van der Waals surface area contributed by atoms with Crippen LogP contribution in [0, 0.1) is 0 Å². The molecule has 1 aliphatic rings. The van der Waals surface area contributed by atoms with Crippen LogP contribution in [0.1, 0.15) is 20.3 Å². The summed E-state index contributed by atoms with van der Waals surface area (Å²) in [6.07, 6.45) is 8.70. The van der Waals surface area contributed by atoms with E-state index in [1.807, 2.05) is 0 Å². The van der Waals surface area contributed by atoms with Gasteiger partial charge in [-0.05, 0) is 20.3 Å². The monoisotopic (exact) mass is 180 g/mol. The Balaban J connectivity index is 0.000000223. The Bertz CT molecular complexity index is 224. The minimum Gasteiger partial charge on any atom is -0.463 e. The highest BCUT2D eigenvalue weighted by atomic mass is 16.5. The van der Waals surface area contributed by atoms with E-state index in [4.69, 9.17) is 0 Å². The van der Waals surface area contributed by atoms with Crippen molar-refractivity contribution < 1.29 is 9.53 Å². The van der Waals surface area contributed by atoms with Crippen molar-refractivity contribution in [3.05, 3.63) is 36.5 Å². The quantitative estimate of drug-likeness (QED) is 0.482. The van der Waals surface area contributed by atoms with Gasteiger partial charge in [0.25, 0.3) is 0 Å². The zero-order valence-corrected chi connectivity index (χ0v) is 8.25. The number of esters is 1. The van der Waals surface area contributed by atoms with Gasteiger partial charge in [0.05, 0.1) is 6.61 Å². The number of ether oxygens (including phenoxy) is 1. The van der Waals surface area contributed by atoms with Gasteiger partial charge in [-0.3, -0.25) is 0 Å². The first-order chi connectivity index (χ1) is 6.20. The summed E-state index contributed by atoms with van der Waals surface area (Å²) >= 11 is 0. The predicted octanol–water partition coefficient (Wildman–Crippen LogP) is 2.63. The summed E-state index contributed by atoms with van der Waals surface area (Å²) in [5.41, 5.74) is 1.47. The molecule has 0 saturated heterocycles. The number of carbonyl (C=O) groups excluding carboxylic acids is 1. The van der Waals surface area contributed by atoms with E-state index in [1.54, 1.807) is 6.92 Å². The van der Waals surface area contributed by atoms with Crippen LogP contribution < -0.4 is 0 Å². The van der Waals surface area contributed by atoms with Crippen LogP contribution in [0.15, 0.2) is 36.5 Å². The minimum absolute atomic E-state index is 0.359. The summed E-state index contributed by atoms with van der Waals surface area (Å²) in [5.74, 6) is -0.359. The molecule has 0 bridgehead atoms. The van der Waals surface area contributed by atoms with Crippen LogP contribution in [-0.2, 0) is 9.53 Å². The number of hydrogen-bond donors (Lipinski definition) is 0. The standard InChI is InChI=1S/C6H8.C5H8O2/c1-6-4-2-3-5-6;1-3-5(6)7-4-2/h2-4H,5H2,1H3;3H,1,4H2,2H3. The Morgan fingerprint density at radius 3 is 2.62 bits per heavy atom. The number of rotatable bonds is 2. The van der Waals surface area contributed by atoms with Crippen LogP contribution in [0.5, 0.6) is 0 Å². The minimum atomic E-state index is -0.359. The molecule has 0 saturated carbocycles. The van der Waals surface area contributed by atoms with Gasteiger partial charge >= 0.3 is 5.97 Å². The molecule has 0 aromatic rings. The maximum atomic E-state index is 10.1. The first-order valence-corrected chi connectivity index (χ1v) is 4.32. The van der Waals surface area contributed by atoms with E-state index >= 15 is 0 Å². The highest BCUT2D eigenvalue weighted by Gasteiger charge is 1.86. The molecule has 1 aliphatic carbocycles. The fourth-order valence-corrected chi connectivity index (χ4v) is 0.755. The lowest BCUT2D eigenvalue weighted by Gasteiger charge is -1.90. The third-order valence-electron chi connectivity index (χ3n) is 1.41. The SMILES string of the molecule is C=CC(=O)OCC.CC1=CC=CC1. The molecule has 2 heteroatoms. The lowest BCUT2D eigenvalue weighted by Crippen LogP contribution is -1.97. The van der Waals surface area contributed by atoms with Gasteiger partial charge in [-0.25, -0.2) is 4.79 Å². The molecule has 13 heavy (non-hydrogen) atoms. The van der Waals surface area contributed by atoms with E-state index in [1.165, 1.54) is 12.0 Å². The van der Waals surface area contributed by atoms with E-state index in [2.05, 4.69) is 36.5 Å². The fourth-order valence-electron chi connectivity index (χ4n) is 0.755. The van der Waals surface area contributed by atoms with Crippen molar-refractivity contribution >= 4 is 5.97 Å². The van der Waals surface area contributed by atoms with Gasteiger partial charge in [0.2, 0.25) is 0 Å². The van der Waals surface area contributed by atoms with Crippen LogP contribution in [-0.4, -0.2) is 12.6 Å². The van der Waals surface area contributed by atoms with Crippen molar-refractivity contribution in [1.82, 2.24) is 0 Å². The molecule has 0 unspecified atom stereocenters. The van der Waals surface area contributed by atoms with Crippen molar-refractivity contribution in [3.63, 3.8) is 0 Å². The fraction of sp³-hybridized carbons (Fsp3) is 0.364. The van der Waals surface area contributed by atoms with Crippen LogP contribution in [0.25, 0.3) is 0 Å². The zero-order valence-electron chi connectivity index (χ0n) is 8.25. The Morgan fingerprint density at radius 2 is 2.46 bits per heavy atom. The molecule has 1 rings (SSSR count). The van der Waals surface area contributed by atoms with Gasteiger partial charge in [-0.2, -0.15) is 0 Å². The Hall–Kier alpha value is -1.31. The second kappa shape index (κ2) is 7.35. The molecule has 0 N–H and O–H groups in total. The second-order valence-corrected chi connectivity index (χ2v) is 2.60. The maximum Gasteiger partial charge on any atom is 0.330 e. The first kappa shape index (κ1) is 11.7. The molecular formula is C11H16O2. The average Bonchev–Trinajstić information content (AvgIpc) is 2.57. The van der Waals surface area contributed by atoms with Crippen molar-refractivity contribution in [2.45, 2.75) is 20.3 Å². The van der Waals surface area contributed by atoms with Gasteiger partial charge in [0.15, 0.2) is 0 Å². The Labute approximate surface area is 79.6 Å². The summed E-state index contributed by atoms with van der Waals surface area (Å²) in [5, 5.41) is 0. The van der Waals surface area contributed by atoms with Crippen LogP contribution >= 0.6 is 0 Å². The zero-order chi connectivity index (χ0) is 10.1. The van der Waals surface area contributed by atoms with Crippen molar-refractivity contribution in [2.75, 3.05) is 6.61 Å². The van der Waals surface area contributed by atoms with Crippen LogP contribution in [0.4, 0.5) is 0 Å². The van der Waals surface area contributed by atoms with Crippen LogP contribution in [0.3, 0.4) is 0 Å². The van der Waals surface area contributed by atoms with Crippen molar-refractivity contribution in [2.24, 2.45) is 0 Å². The third-order valence-corrected chi connectivity index (χ3v) is 1.41. The van der Waals surface area contributed by atoms with E-state index in [0.717, 1.165) is 6.08 Å². The van der Waals surface area contributed by atoms with Gasteiger partial charge in [-0.1, -0.05) is 30.4 Å². The van der Waals surface area contributed by atoms with Gasteiger partial charge in [-0.15, -0.1) is 0 Å². The molecule has 0 fully saturated rings. The molecule has 0 spiro atoms. The molecule has 0 aromatic heterocycles. The van der Waals surface area contributed by atoms with E-state index in [-0.39, 0.29) is 5.97 Å². The Morgan fingerprint density at radius 1 is 1.77 bits per heavy atom. The highest BCUT2D eigenvalue weighted by molar-refractivity contribution is 5.81. The smallest absolute Gasteiger partial charge is 0.330 e. The lowest BCUT2D eigenvalue weighted by atomic mass is 10.3. The van der Waals surface area contributed by atoms with Crippen molar-refractivity contribution in [3.8, 4) is 0 Å². The summed E-state index contributed by atoms with van der Waals surface area (Å²) in [6.45, 7) is 7.52. The lowest BCUT2D eigenvalue weighted by molar-refractivity contribution is -0.137. The molecule has 0 amide bonds. The third kappa shape index (κ3) is 7.06. The largest absolute Gasteiger partial charge is 0.463 e. The molecule has 0 aromatic carbocycles. The average molecular weight is 180 g/mol. The van der Waals surface area contributed by atoms with Gasteiger partial charge in [0.1, 0.15) is 0 Å². The van der Waals surface area contributed by atoms with E-state index < -0.39 is 0 Å². The van der Waals surface area contributed by atoms with Gasteiger partial charge < -0.3 is 4.74 Å². The van der Waals surface area contributed by atoms with Crippen LogP contribution in [0.2, 0.25) is 0 Å². The number of allylic oxidation sites excluding steroid dienone is 4. The second-order valence-electron chi connectivity index (χ2n) is 2.60. The normalized spacial score (nSPS) is 12.6. The molecule has 2 nitrogen and oxygen atoms in total. The molecule has 0 aliphatic heterocycles. The molecular weight excluding hydrogens is 164 g/mol. The molecule has 72 valence electrons. The van der Waals surface area contributed by atoms with E-state index in [0.29, 0.717) is 6.61 Å².